The van der Waals surface area contributed by atoms with Gasteiger partial charge in [0.1, 0.15) is 5.69 Å². The second-order valence-electron chi connectivity index (χ2n) is 3.16. The van der Waals surface area contributed by atoms with E-state index in [4.69, 9.17) is 0 Å². The number of thiazole rings is 1. The number of hydrogen-bond donors (Lipinski definition) is 3. The van der Waals surface area contributed by atoms with Crippen LogP contribution in [0.15, 0.2) is 17.8 Å². The van der Waals surface area contributed by atoms with Crippen LogP contribution in [0.1, 0.15) is 17.4 Å². The average molecular weight is 251 g/mol. The zero-order valence-electron chi connectivity index (χ0n) is 8.85. The number of rotatable bonds is 3. The van der Waals surface area contributed by atoms with Crippen molar-refractivity contribution in [1.29, 1.82) is 0 Å². The molecule has 2 aromatic heterocycles. The van der Waals surface area contributed by atoms with Crippen LogP contribution in [0.5, 0.6) is 0 Å². The Bertz CT molecular complexity index is 533. The highest BCUT2D eigenvalue weighted by Crippen LogP contribution is 2.16. The van der Waals surface area contributed by atoms with Crippen molar-refractivity contribution in [2.75, 3.05) is 10.6 Å². The number of hydrogen-bond acceptors (Lipinski definition) is 5. The number of aromatic nitrogens is 3. The van der Waals surface area contributed by atoms with Gasteiger partial charge in [-0.25, -0.2) is 4.98 Å². The van der Waals surface area contributed by atoms with Crippen LogP contribution in [0.3, 0.4) is 0 Å². The lowest BCUT2D eigenvalue weighted by atomic mass is 10.4. The standard InChI is InChI=1S/C9H9N5O2S/c1-5(15)12-9-14-7(4-17-9)8(16)13-6-2-10-11-3-6/h2-4H,1H3,(H,10,11)(H,13,16)(H,12,14,15). The number of H-pyrrole nitrogens is 1. The van der Waals surface area contributed by atoms with Gasteiger partial charge in [0.25, 0.3) is 5.91 Å². The van der Waals surface area contributed by atoms with Gasteiger partial charge in [0.05, 0.1) is 11.9 Å². The van der Waals surface area contributed by atoms with E-state index in [2.05, 4.69) is 25.8 Å². The van der Waals surface area contributed by atoms with Crippen LogP contribution < -0.4 is 10.6 Å². The lowest BCUT2D eigenvalue weighted by Gasteiger charge is -1.97. The Morgan fingerprint density at radius 2 is 2.24 bits per heavy atom. The second kappa shape index (κ2) is 4.74. The van der Waals surface area contributed by atoms with E-state index in [1.165, 1.54) is 24.5 Å². The first-order chi connectivity index (χ1) is 8.15. The molecule has 2 amide bonds. The van der Waals surface area contributed by atoms with Gasteiger partial charge in [0.2, 0.25) is 5.91 Å². The Kier molecular flexibility index (Phi) is 3.15. The molecule has 0 atom stereocenters. The van der Waals surface area contributed by atoms with Crippen LogP contribution in [-0.4, -0.2) is 27.0 Å². The lowest BCUT2D eigenvalue weighted by molar-refractivity contribution is -0.114. The van der Waals surface area contributed by atoms with Crippen LogP contribution >= 0.6 is 11.3 Å². The molecule has 2 heterocycles. The molecular formula is C9H9N5O2S. The summed E-state index contributed by atoms with van der Waals surface area (Å²) < 4.78 is 0. The fraction of sp³-hybridized carbons (Fsp3) is 0.111. The molecule has 0 saturated heterocycles. The maximum absolute atomic E-state index is 11.7. The van der Waals surface area contributed by atoms with Gasteiger partial charge < -0.3 is 10.6 Å². The quantitative estimate of drug-likeness (QED) is 0.759. The fourth-order valence-electron chi connectivity index (χ4n) is 1.10. The molecule has 17 heavy (non-hydrogen) atoms. The Morgan fingerprint density at radius 3 is 2.88 bits per heavy atom. The summed E-state index contributed by atoms with van der Waals surface area (Å²) in [6, 6.07) is 0. The topological polar surface area (TPSA) is 99.8 Å². The molecular weight excluding hydrogens is 242 g/mol. The van der Waals surface area contributed by atoms with Crippen molar-refractivity contribution in [1.82, 2.24) is 15.2 Å². The van der Waals surface area contributed by atoms with E-state index < -0.39 is 0 Å². The van der Waals surface area contributed by atoms with E-state index in [9.17, 15) is 9.59 Å². The summed E-state index contributed by atoms with van der Waals surface area (Å²) in [6.45, 7) is 1.38. The number of carbonyl (C=O) groups is 2. The van der Waals surface area contributed by atoms with Crippen molar-refractivity contribution < 1.29 is 9.59 Å². The minimum absolute atomic E-state index is 0.221. The number of nitrogens with one attached hydrogen (secondary N) is 3. The van der Waals surface area contributed by atoms with Gasteiger partial charge in [-0.15, -0.1) is 11.3 Å². The summed E-state index contributed by atoms with van der Waals surface area (Å²) in [6.07, 6.45) is 3.04. The Balaban J connectivity index is 2.04. The molecule has 0 spiro atoms. The van der Waals surface area contributed by atoms with Crippen LogP contribution in [0.25, 0.3) is 0 Å². The van der Waals surface area contributed by atoms with Gasteiger partial charge >= 0.3 is 0 Å². The predicted molar refractivity (Wildman–Crippen MR) is 63.0 cm³/mol. The van der Waals surface area contributed by atoms with Gasteiger partial charge in [0.15, 0.2) is 5.13 Å². The van der Waals surface area contributed by atoms with E-state index in [0.29, 0.717) is 10.8 Å². The molecule has 3 N–H and O–H groups in total. The zero-order valence-corrected chi connectivity index (χ0v) is 9.67. The number of anilines is 2. The molecule has 2 rings (SSSR count). The highest BCUT2D eigenvalue weighted by molar-refractivity contribution is 7.14. The van der Waals surface area contributed by atoms with Gasteiger partial charge in [-0.2, -0.15) is 5.10 Å². The smallest absolute Gasteiger partial charge is 0.275 e. The van der Waals surface area contributed by atoms with Crippen molar-refractivity contribution in [3.8, 4) is 0 Å². The molecule has 8 heteroatoms. The SMILES string of the molecule is CC(=O)Nc1nc(C(=O)Nc2cn[nH]c2)cs1. The van der Waals surface area contributed by atoms with Crippen molar-refractivity contribution >= 4 is 34.0 Å². The van der Waals surface area contributed by atoms with E-state index in [1.54, 1.807) is 11.6 Å². The van der Waals surface area contributed by atoms with Gasteiger partial charge in [-0.1, -0.05) is 0 Å². The van der Waals surface area contributed by atoms with E-state index >= 15 is 0 Å². The molecule has 0 aliphatic heterocycles. The molecule has 0 unspecified atom stereocenters. The van der Waals surface area contributed by atoms with Crippen LogP contribution in [0, 0.1) is 0 Å². The number of aromatic amines is 1. The van der Waals surface area contributed by atoms with Crippen molar-refractivity contribution in [2.45, 2.75) is 6.92 Å². The lowest BCUT2D eigenvalue weighted by Crippen LogP contribution is -2.12. The van der Waals surface area contributed by atoms with Crippen molar-refractivity contribution in [3.05, 3.63) is 23.5 Å². The van der Waals surface area contributed by atoms with Gasteiger partial charge in [-0.05, 0) is 0 Å². The van der Waals surface area contributed by atoms with E-state index in [0.717, 1.165) is 0 Å². The molecule has 2 aromatic rings. The first kappa shape index (κ1) is 11.3. The number of amides is 2. The van der Waals surface area contributed by atoms with E-state index in [1.807, 2.05) is 0 Å². The minimum Gasteiger partial charge on any atom is -0.318 e. The zero-order chi connectivity index (χ0) is 12.3. The van der Waals surface area contributed by atoms with Crippen LogP contribution in [0.2, 0.25) is 0 Å². The largest absolute Gasteiger partial charge is 0.318 e. The third kappa shape index (κ3) is 2.88. The number of carbonyl (C=O) groups excluding carboxylic acids is 2. The molecule has 7 nitrogen and oxygen atoms in total. The minimum atomic E-state index is -0.348. The summed E-state index contributed by atoms with van der Waals surface area (Å²) in [5.41, 5.74) is 0.809. The first-order valence-electron chi connectivity index (χ1n) is 4.68. The monoisotopic (exact) mass is 251 g/mol. The van der Waals surface area contributed by atoms with Crippen LogP contribution in [0.4, 0.5) is 10.8 Å². The highest BCUT2D eigenvalue weighted by atomic mass is 32.1. The van der Waals surface area contributed by atoms with Gasteiger partial charge in [-0.3, -0.25) is 14.7 Å². The predicted octanol–water partition coefficient (Wildman–Crippen LogP) is 1.08. The molecule has 0 aromatic carbocycles. The Hall–Kier alpha value is -2.22. The van der Waals surface area contributed by atoms with Crippen LogP contribution in [-0.2, 0) is 4.79 Å². The maximum Gasteiger partial charge on any atom is 0.275 e. The second-order valence-corrected chi connectivity index (χ2v) is 4.02. The average Bonchev–Trinajstić information content (AvgIpc) is 2.87. The maximum atomic E-state index is 11.7. The summed E-state index contributed by atoms with van der Waals surface area (Å²) in [7, 11) is 0. The highest BCUT2D eigenvalue weighted by Gasteiger charge is 2.11. The third-order valence-corrected chi connectivity index (χ3v) is 2.53. The molecule has 0 bridgehead atoms. The molecule has 0 fully saturated rings. The Morgan fingerprint density at radius 1 is 1.41 bits per heavy atom. The van der Waals surface area contributed by atoms with Crippen molar-refractivity contribution in [3.63, 3.8) is 0 Å². The summed E-state index contributed by atoms with van der Waals surface area (Å²) in [4.78, 5) is 26.5. The van der Waals surface area contributed by atoms with Gasteiger partial charge in [0, 0.05) is 18.5 Å². The molecule has 88 valence electrons. The fourth-order valence-corrected chi connectivity index (χ4v) is 1.84. The van der Waals surface area contributed by atoms with Crippen molar-refractivity contribution in [2.24, 2.45) is 0 Å². The summed E-state index contributed by atoms with van der Waals surface area (Å²) in [5, 5.41) is 13.4. The normalized spacial score (nSPS) is 9.94. The first-order valence-corrected chi connectivity index (χ1v) is 5.56. The molecule has 0 radical (unpaired) electrons. The number of nitrogens with zero attached hydrogens (tertiary/aromatic N) is 2. The molecule has 0 aliphatic carbocycles. The summed E-state index contributed by atoms with van der Waals surface area (Å²) in [5.74, 6) is -0.569. The molecule has 0 aliphatic rings. The summed E-state index contributed by atoms with van der Waals surface area (Å²) >= 11 is 1.19. The molecule has 0 saturated carbocycles. The van der Waals surface area contributed by atoms with E-state index in [-0.39, 0.29) is 17.5 Å². The third-order valence-electron chi connectivity index (χ3n) is 1.78. The Labute approximate surface area is 100 Å².